The van der Waals surface area contributed by atoms with Crippen molar-refractivity contribution in [1.82, 2.24) is 5.32 Å². The number of carbonyl (C=O) groups is 1. The van der Waals surface area contributed by atoms with E-state index in [9.17, 15) is 4.79 Å². The van der Waals surface area contributed by atoms with Crippen LogP contribution in [0, 0.1) is 0 Å². The molecule has 4 heteroatoms. The SMILES string of the molecule is CCCCCCCCCCCCOc1ccc(C(=O)NCc2cc[n+](CC)cc2)cc1C(C)(C)C. The van der Waals surface area contributed by atoms with E-state index in [1.807, 2.05) is 30.6 Å². The summed E-state index contributed by atoms with van der Waals surface area (Å²) < 4.78 is 8.29. The van der Waals surface area contributed by atoms with E-state index in [4.69, 9.17) is 4.74 Å². The first-order valence-electron chi connectivity index (χ1n) is 13.9. The summed E-state index contributed by atoms with van der Waals surface area (Å²) in [7, 11) is 0. The van der Waals surface area contributed by atoms with Gasteiger partial charge in [0.15, 0.2) is 12.4 Å². The molecule has 0 aliphatic rings. The van der Waals surface area contributed by atoms with E-state index in [-0.39, 0.29) is 11.3 Å². The summed E-state index contributed by atoms with van der Waals surface area (Å²) >= 11 is 0. The summed E-state index contributed by atoms with van der Waals surface area (Å²) in [6, 6.07) is 9.95. The van der Waals surface area contributed by atoms with Crippen molar-refractivity contribution >= 4 is 5.91 Å². The first-order chi connectivity index (χ1) is 16.8. The fourth-order valence-corrected chi connectivity index (χ4v) is 4.26. The standard InChI is InChI=1S/C31H48N2O2/c1-6-8-9-10-11-12-13-14-15-16-23-35-29-18-17-27(24-28(29)31(3,4)5)30(34)32-25-26-19-21-33(7-2)22-20-26/h17-22,24H,6-16,23,25H2,1-5H3/p+1. The maximum atomic E-state index is 12.8. The molecule has 1 heterocycles. The lowest BCUT2D eigenvalue weighted by Crippen LogP contribution is -2.31. The normalized spacial score (nSPS) is 11.5. The Morgan fingerprint density at radius 2 is 1.46 bits per heavy atom. The van der Waals surface area contributed by atoms with Crippen molar-refractivity contribution < 1.29 is 14.1 Å². The van der Waals surface area contributed by atoms with Crippen LogP contribution in [0.2, 0.25) is 0 Å². The van der Waals surface area contributed by atoms with Crippen LogP contribution in [-0.4, -0.2) is 12.5 Å². The highest BCUT2D eigenvalue weighted by molar-refractivity contribution is 5.94. The highest BCUT2D eigenvalue weighted by atomic mass is 16.5. The van der Waals surface area contributed by atoms with Gasteiger partial charge >= 0.3 is 0 Å². The Morgan fingerprint density at radius 3 is 2.03 bits per heavy atom. The number of carbonyl (C=O) groups excluding carboxylic acids is 1. The Hall–Kier alpha value is -2.36. The quantitative estimate of drug-likeness (QED) is 0.199. The molecule has 0 aliphatic heterocycles. The van der Waals surface area contributed by atoms with Crippen LogP contribution in [0.5, 0.6) is 5.75 Å². The highest BCUT2D eigenvalue weighted by Crippen LogP contribution is 2.32. The number of amides is 1. The molecule has 0 atom stereocenters. The average molecular weight is 482 g/mol. The third kappa shape index (κ3) is 10.8. The van der Waals surface area contributed by atoms with Crippen molar-refractivity contribution in [3.8, 4) is 5.75 Å². The van der Waals surface area contributed by atoms with Crippen LogP contribution >= 0.6 is 0 Å². The summed E-state index contributed by atoms with van der Waals surface area (Å²) in [6.45, 7) is 13.1. The van der Waals surface area contributed by atoms with Crippen molar-refractivity contribution in [1.29, 1.82) is 0 Å². The molecule has 1 amide bonds. The van der Waals surface area contributed by atoms with E-state index in [1.54, 1.807) is 0 Å². The molecular formula is C31H49N2O2+. The number of ether oxygens (including phenoxy) is 1. The smallest absolute Gasteiger partial charge is 0.251 e. The molecule has 4 nitrogen and oxygen atoms in total. The molecule has 194 valence electrons. The van der Waals surface area contributed by atoms with E-state index in [0.29, 0.717) is 12.1 Å². The highest BCUT2D eigenvalue weighted by Gasteiger charge is 2.21. The van der Waals surface area contributed by atoms with Crippen LogP contribution in [0.4, 0.5) is 0 Å². The third-order valence-electron chi connectivity index (χ3n) is 6.58. The lowest BCUT2D eigenvalue weighted by molar-refractivity contribution is -0.693. The van der Waals surface area contributed by atoms with E-state index < -0.39 is 0 Å². The van der Waals surface area contributed by atoms with Gasteiger partial charge in [-0.3, -0.25) is 4.79 Å². The molecule has 2 rings (SSSR count). The molecular weight excluding hydrogens is 432 g/mol. The Balaban J connectivity index is 1.80. The van der Waals surface area contributed by atoms with E-state index in [0.717, 1.165) is 36.4 Å². The van der Waals surface area contributed by atoms with Crippen LogP contribution in [0.25, 0.3) is 0 Å². The fraction of sp³-hybridized carbons (Fsp3) is 0.613. The van der Waals surface area contributed by atoms with Gasteiger partial charge in [0.2, 0.25) is 0 Å². The monoisotopic (exact) mass is 481 g/mol. The zero-order valence-electron chi connectivity index (χ0n) is 23.0. The number of pyridine rings is 1. The predicted octanol–water partition coefficient (Wildman–Crippen LogP) is 7.52. The second-order valence-corrected chi connectivity index (χ2v) is 10.7. The maximum Gasteiger partial charge on any atom is 0.251 e. The minimum atomic E-state index is -0.101. The number of unbranched alkanes of at least 4 members (excludes halogenated alkanes) is 9. The second-order valence-electron chi connectivity index (χ2n) is 10.7. The fourth-order valence-electron chi connectivity index (χ4n) is 4.26. The lowest BCUT2D eigenvalue weighted by Gasteiger charge is -2.23. The van der Waals surface area contributed by atoms with Gasteiger partial charge in [0, 0.05) is 29.8 Å². The lowest BCUT2D eigenvalue weighted by atomic mass is 9.85. The number of nitrogens with zero attached hydrogens (tertiary/aromatic N) is 1. The van der Waals surface area contributed by atoms with Crippen molar-refractivity contribution in [2.45, 2.75) is 117 Å². The summed E-state index contributed by atoms with van der Waals surface area (Å²) in [4.78, 5) is 12.8. The summed E-state index contributed by atoms with van der Waals surface area (Å²) in [5, 5.41) is 3.05. The molecule has 1 aromatic heterocycles. The Bertz CT molecular complexity index is 869. The van der Waals surface area contributed by atoms with Crippen molar-refractivity contribution in [2.24, 2.45) is 0 Å². The molecule has 0 saturated heterocycles. The van der Waals surface area contributed by atoms with Crippen LogP contribution in [0.1, 0.15) is 120 Å². The number of rotatable bonds is 16. The van der Waals surface area contributed by atoms with Gasteiger partial charge < -0.3 is 10.1 Å². The minimum Gasteiger partial charge on any atom is -0.493 e. The van der Waals surface area contributed by atoms with E-state index in [1.165, 1.54) is 57.8 Å². The van der Waals surface area contributed by atoms with Crippen molar-refractivity contribution in [3.63, 3.8) is 0 Å². The Morgan fingerprint density at radius 1 is 0.857 bits per heavy atom. The van der Waals surface area contributed by atoms with E-state index in [2.05, 4.69) is 56.6 Å². The van der Waals surface area contributed by atoms with Crippen LogP contribution in [0.3, 0.4) is 0 Å². The number of nitrogens with one attached hydrogen (secondary N) is 1. The van der Waals surface area contributed by atoms with Crippen LogP contribution in [0.15, 0.2) is 42.7 Å². The summed E-state index contributed by atoms with van der Waals surface area (Å²) in [6.07, 6.45) is 17.3. The minimum absolute atomic E-state index is 0.0519. The Kier molecular flexibility index (Phi) is 12.9. The second kappa shape index (κ2) is 15.6. The largest absolute Gasteiger partial charge is 0.493 e. The number of aromatic nitrogens is 1. The first kappa shape index (κ1) is 28.9. The molecule has 0 saturated carbocycles. The van der Waals surface area contributed by atoms with Crippen molar-refractivity contribution in [3.05, 3.63) is 59.4 Å². The third-order valence-corrected chi connectivity index (χ3v) is 6.58. The molecule has 0 unspecified atom stereocenters. The van der Waals surface area contributed by atoms with Gasteiger partial charge in [-0.2, -0.15) is 0 Å². The molecule has 2 aromatic rings. The molecule has 0 aliphatic carbocycles. The number of benzene rings is 1. The average Bonchev–Trinajstić information content (AvgIpc) is 2.85. The predicted molar refractivity (Wildman–Crippen MR) is 146 cm³/mol. The van der Waals surface area contributed by atoms with Gasteiger partial charge in [-0.25, -0.2) is 4.57 Å². The molecule has 0 fully saturated rings. The molecule has 0 radical (unpaired) electrons. The zero-order valence-corrected chi connectivity index (χ0v) is 23.0. The van der Waals surface area contributed by atoms with Gasteiger partial charge in [0.25, 0.3) is 5.91 Å². The summed E-state index contributed by atoms with van der Waals surface area (Å²) in [5.74, 6) is 0.848. The number of hydrogen-bond acceptors (Lipinski definition) is 2. The molecule has 0 spiro atoms. The Labute approximate surface area is 214 Å². The van der Waals surface area contributed by atoms with Crippen molar-refractivity contribution in [2.75, 3.05) is 6.61 Å². The summed E-state index contributed by atoms with van der Waals surface area (Å²) in [5.41, 5.74) is 2.76. The number of hydrogen-bond donors (Lipinski definition) is 1. The topological polar surface area (TPSA) is 42.2 Å². The van der Waals surface area contributed by atoms with Gasteiger partial charge in [0.05, 0.1) is 6.61 Å². The molecule has 0 bridgehead atoms. The van der Waals surface area contributed by atoms with E-state index >= 15 is 0 Å². The molecule has 1 N–H and O–H groups in total. The van der Waals surface area contributed by atoms with Crippen LogP contribution in [-0.2, 0) is 18.5 Å². The molecule has 35 heavy (non-hydrogen) atoms. The van der Waals surface area contributed by atoms with Gasteiger partial charge in [0.1, 0.15) is 12.3 Å². The van der Waals surface area contributed by atoms with Gasteiger partial charge in [-0.1, -0.05) is 85.5 Å². The zero-order chi connectivity index (χ0) is 25.5. The molecule has 1 aromatic carbocycles. The number of aryl methyl sites for hydroxylation is 1. The first-order valence-corrected chi connectivity index (χ1v) is 13.9. The van der Waals surface area contributed by atoms with Gasteiger partial charge in [-0.15, -0.1) is 0 Å². The van der Waals surface area contributed by atoms with Gasteiger partial charge in [-0.05, 0) is 42.5 Å². The maximum absolute atomic E-state index is 12.8. The van der Waals surface area contributed by atoms with Crippen LogP contribution < -0.4 is 14.6 Å².